The van der Waals surface area contributed by atoms with E-state index < -0.39 is 0 Å². The zero-order valence-corrected chi connectivity index (χ0v) is 20.5. The highest BCUT2D eigenvalue weighted by molar-refractivity contribution is 7.19. The fraction of sp³-hybridized carbons (Fsp3) is 0.440. The lowest BCUT2D eigenvalue weighted by Crippen LogP contribution is -2.55. The number of likely N-dealkylation sites (N-methyl/N-ethyl adjacent to an activating group) is 1. The molecule has 0 spiro atoms. The summed E-state index contributed by atoms with van der Waals surface area (Å²) in [7, 11) is 2.08. The molecule has 0 bridgehead atoms. The van der Waals surface area contributed by atoms with E-state index in [-0.39, 0.29) is 24.5 Å². The highest BCUT2D eigenvalue weighted by Crippen LogP contribution is 2.41. The molecule has 2 atom stereocenters. The third-order valence-electron chi connectivity index (χ3n) is 7.45. The second kappa shape index (κ2) is 9.18. The van der Waals surface area contributed by atoms with Crippen LogP contribution in [-0.4, -0.2) is 80.3 Å². The molecule has 10 heteroatoms. The standard InChI is InChI=1S/C25H29N7O2S/c1-31-7-8-32(13-18(31)6-9-33)25(34)15-2-4-19-21(11-15)35-24-22(19)23(26-14-27-24)29-17-3-5-20-16(10-17)12-28-30-20/h3,5,10,12,14-15,18,33H,2,4,6-9,11,13H2,1H3,(H,28,30)(H,26,27,29)/t15-,18?/m0/s1. The number of anilines is 2. The molecule has 4 heterocycles. The number of nitrogens with one attached hydrogen (secondary N) is 2. The maximum Gasteiger partial charge on any atom is 0.226 e. The van der Waals surface area contributed by atoms with Crippen LogP contribution in [0.25, 0.3) is 21.1 Å². The monoisotopic (exact) mass is 491 g/mol. The maximum absolute atomic E-state index is 13.4. The van der Waals surface area contributed by atoms with Gasteiger partial charge in [-0.1, -0.05) is 0 Å². The molecule has 9 nitrogen and oxygen atoms in total. The van der Waals surface area contributed by atoms with Gasteiger partial charge in [0.05, 0.1) is 17.1 Å². The van der Waals surface area contributed by atoms with E-state index in [1.54, 1.807) is 17.7 Å². The molecule has 2 aliphatic rings. The van der Waals surface area contributed by atoms with E-state index in [4.69, 9.17) is 0 Å². The number of hydrogen-bond donors (Lipinski definition) is 3. The van der Waals surface area contributed by atoms with E-state index in [2.05, 4.69) is 43.5 Å². The number of benzene rings is 1. The first-order valence-electron chi connectivity index (χ1n) is 12.2. The Morgan fingerprint density at radius 2 is 2.23 bits per heavy atom. The van der Waals surface area contributed by atoms with E-state index in [0.717, 1.165) is 65.0 Å². The molecule has 1 fully saturated rings. The van der Waals surface area contributed by atoms with E-state index in [1.807, 2.05) is 23.2 Å². The molecule has 1 aromatic carbocycles. The number of fused-ring (bicyclic) bond motifs is 4. The third-order valence-corrected chi connectivity index (χ3v) is 8.61. The van der Waals surface area contributed by atoms with Crippen molar-refractivity contribution in [2.45, 2.75) is 31.7 Å². The van der Waals surface area contributed by atoms with Gasteiger partial charge < -0.3 is 15.3 Å². The zero-order chi connectivity index (χ0) is 23.9. The Kier molecular flexibility index (Phi) is 5.87. The first-order valence-corrected chi connectivity index (χ1v) is 13.0. The number of carbonyl (C=O) groups excluding carboxylic acids is 1. The first kappa shape index (κ1) is 22.4. The van der Waals surface area contributed by atoms with Gasteiger partial charge in [0.1, 0.15) is 17.0 Å². The summed E-state index contributed by atoms with van der Waals surface area (Å²) in [6.07, 6.45) is 6.57. The molecule has 3 N–H and O–H groups in total. The minimum absolute atomic E-state index is 0.00149. The minimum atomic E-state index is 0.00149. The lowest BCUT2D eigenvalue weighted by atomic mass is 9.86. The van der Waals surface area contributed by atoms with Crippen molar-refractivity contribution in [1.29, 1.82) is 0 Å². The van der Waals surface area contributed by atoms with Crippen LogP contribution in [0.1, 0.15) is 23.3 Å². The van der Waals surface area contributed by atoms with Crippen molar-refractivity contribution in [2.75, 3.05) is 38.6 Å². The average Bonchev–Trinajstić information content (AvgIpc) is 3.49. The van der Waals surface area contributed by atoms with Crippen molar-refractivity contribution in [3.63, 3.8) is 0 Å². The smallest absolute Gasteiger partial charge is 0.226 e. The SMILES string of the molecule is CN1CCN(C(=O)[C@H]2CCc3c(sc4ncnc(Nc5ccc6[nH]ncc6c5)c34)C2)CC1CCO. The van der Waals surface area contributed by atoms with E-state index in [9.17, 15) is 9.90 Å². The predicted octanol–water partition coefficient (Wildman–Crippen LogP) is 2.94. The molecule has 1 amide bonds. The predicted molar refractivity (Wildman–Crippen MR) is 137 cm³/mol. The molecular formula is C25H29N7O2S. The summed E-state index contributed by atoms with van der Waals surface area (Å²) in [5.41, 5.74) is 3.23. The number of thiophene rings is 1. The van der Waals surface area contributed by atoms with Crippen molar-refractivity contribution >= 4 is 49.9 Å². The number of amides is 1. The Bertz CT molecular complexity index is 1380. The topological polar surface area (TPSA) is 110 Å². The van der Waals surface area contributed by atoms with Crippen LogP contribution in [0.2, 0.25) is 0 Å². The molecule has 4 aromatic rings. The van der Waals surface area contributed by atoms with E-state index >= 15 is 0 Å². The number of piperazine rings is 1. The van der Waals surface area contributed by atoms with Crippen LogP contribution < -0.4 is 5.32 Å². The summed E-state index contributed by atoms with van der Waals surface area (Å²) in [6.45, 7) is 2.46. The van der Waals surface area contributed by atoms with Gasteiger partial charge in [-0.25, -0.2) is 9.97 Å². The number of carbonyl (C=O) groups is 1. The molecule has 6 rings (SSSR count). The molecule has 3 aromatic heterocycles. The average molecular weight is 492 g/mol. The van der Waals surface area contributed by atoms with Gasteiger partial charge in [0.15, 0.2) is 0 Å². The molecule has 1 aliphatic heterocycles. The van der Waals surface area contributed by atoms with Crippen molar-refractivity contribution in [3.05, 3.63) is 41.2 Å². The Balaban J connectivity index is 1.23. The van der Waals surface area contributed by atoms with Gasteiger partial charge >= 0.3 is 0 Å². The number of aromatic nitrogens is 4. The maximum atomic E-state index is 13.4. The van der Waals surface area contributed by atoms with Crippen LogP contribution >= 0.6 is 11.3 Å². The number of hydrogen-bond acceptors (Lipinski definition) is 8. The molecule has 1 aliphatic carbocycles. The van der Waals surface area contributed by atoms with Crippen LogP contribution in [0, 0.1) is 5.92 Å². The zero-order valence-electron chi connectivity index (χ0n) is 19.7. The number of aliphatic hydroxyl groups excluding tert-OH is 1. The lowest BCUT2D eigenvalue weighted by molar-refractivity contribution is -0.138. The molecular weight excluding hydrogens is 462 g/mol. The lowest BCUT2D eigenvalue weighted by Gasteiger charge is -2.41. The second-order valence-electron chi connectivity index (χ2n) is 9.57. The summed E-state index contributed by atoms with van der Waals surface area (Å²) < 4.78 is 0. The largest absolute Gasteiger partial charge is 0.396 e. The highest BCUT2D eigenvalue weighted by Gasteiger charge is 2.34. The number of aliphatic hydroxyl groups is 1. The van der Waals surface area contributed by atoms with Crippen LogP contribution in [0.5, 0.6) is 0 Å². The highest BCUT2D eigenvalue weighted by atomic mass is 32.1. The van der Waals surface area contributed by atoms with Gasteiger partial charge in [-0.15, -0.1) is 11.3 Å². The van der Waals surface area contributed by atoms with Crippen LogP contribution in [0.3, 0.4) is 0 Å². The Morgan fingerprint density at radius 1 is 1.31 bits per heavy atom. The van der Waals surface area contributed by atoms with Gasteiger partial charge in [0.2, 0.25) is 5.91 Å². The molecule has 182 valence electrons. The van der Waals surface area contributed by atoms with E-state index in [1.165, 1.54) is 10.4 Å². The number of aromatic amines is 1. The second-order valence-corrected chi connectivity index (χ2v) is 10.7. The molecule has 0 radical (unpaired) electrons. The number of aryl methyl sites for hydroxylation is 1. The summed E-state index contributed by atoms with van der Waals surface area (Å²) in [5, 5.41) is 22.1. The van der Waals surface area contributed by atoms with Gasteiger partial charge in [0.25, 0.3) is 0 Å². The summed E-state index contributed by atoms with van der Waals surface area (Å²) in [5.74, 6) is 1.06. The fourth-order valence-electron chi connectivity index (χ4n) is 5.44. The number of nitrogens with zero attached hydrogens (tertiary/aromatic N) is 5. The van der Waals surface area contributed by atoms with Crippen molar-refractivity contribution in [1.82, 2.24) is 30.0 Å². The number of H-pyrrole nitrogens is 1. The van der Waals surface area contributed by atoms with E-state index in [0.29, 0.717) is 13.0 Å². The molecule has 35 heavy (non-hydrogen) atoms. The Hall–Kier alpha value is -3.08. The van der Waals surface area contributed by atoms with Gasteiger partial charge in [-0.2, -0.15) is 5.10 Å². The van der Waals surface area contributed by atoms with Gasteiger partial charge in [-0.05, 0) is 56.5 Å². The minimum Gasteiger partial charge on any atom is -0.396 e. The normalized spacial score (nSPS) is 20.9. The van der Waals surface area contributed by atoms with Crippen LogP contribution in [0.15, 0.2) is 30.7 Å². The number of rotatable bonds is 5. The van der Waals surface area contributed by atoms with Crippen LogP contribution in [-0.2, 0) is 17.6 Å². The Morgan fingerprint density at radius 3 is 3.11 bits per heavy atom. The summed E-state index contributed by atoms with van der Waals surface area (Å²) in [6, 6.07) is 6.31. The first-order chi connectivity index (χ1) is 17.1. The molecule has 0 saturated carbocycles. The molecule has 1 saturated heterocycles. The third kappa shape index (κ3) is 4.15. The summed E-state index contributed by atoms with van der Waals surface area (Å²) in [4.78, 5) is 29.0. The quantitative estimate of drug-likeness (QED) is 0.394. The Labute approximate surface area is 207 Å². The van der Waals surface area contributed by atoms with Crippen molar-refractivity contribution < 1.29 is 9.90 Å². The van der Waals surface area contributed by atoms with Crippen molar-refractivity contribution in [3.8, 4) is 0 Å². The fourth-order valence-corrected chi connectivity index (χ4v) is 6.71. The van der Waals surface area contributed by atoms with Gasteiger partial charge in [0, 0.05) is 54.2 Å². The summed E-state index contributed by atoms with van der Waals surface area (Å²) >= 11 is 1.69. The molecule has 1 unspecified atom stereocenters. The van der Waals surface area contributed by atoms with Crippen LogP contribution in [0.4, 0.5) is 11.5 Å². The van der Waals surface area contributed by atoms with Gasteiger partial charge in [-0.3, -0.25) is 14.8 Å². The van der Waals surface area contributed by atoms with Crippen molar-refractivity contribution in [2.24, 2.45) is 5.92 Å².